The van der Waals surface area contributed by atoms with Gasteiger partial charge in [0.05, 0.1) is 11.4 Å². The van der Waals surface area contributed by atoms with Crippen LogP contribution in [-0.4, -0.2) is 9.55 Å². The maximum atomic E-state index is 6.22. The molecular formula is C16H13ClN2S. The van der Waals surface area contributed by atoms with Crippen LogP contribution >= 0.6 is 23.8 Å². The lowest BCUT2D eigenvalue weighted by molar-refractivity contribution is 1.02. The molecule has 0 saturated carbocycles. The molecule has 1 aromatic heterocycles. The summed E-state index contributed by atoms with van der Waals surface area (Å²) in [5, 5.41) is 0.740. The van der Waals surface area contributed by atoms with E-state index in [-0.39, 0.29) is 0 Å². The van der Waals surface area contributed by atoms with Gasteiger partial charge in [0.15, 0.2) is 4.77 Å². The second-order valence-corrected chi connectivity index (χ2v) is 5.36. The summed E-state index contributed by atoms with van der Waals surface area (Å²) in [6.45, 7) is 2.00. The normalized spacial score (nSPS) is 10.7. The Bertz CT molecular complexity index is 803. The van der Waals surface area contributed by atoms with Crippen molar-refractivity contribution in [1.82, 2.24) is 9.55 Å². The number of rotatable bonds is 2. The lowest BCUT2D eigenvalue weighted by atomic mass is 10.1. The van der Waals surface area contributed by atoms with Gasteiger partial charge in [-0.1, -0.05) is 48.0 Å². The number of aromatic nitrogens is 2. The molecule has 1 N–H and O–H groups in total. The zero-order valence-corrected chi connectivity index (χ0v) is 12.5. The van der Waals surface area contributed by atoms with Gasteiger partial charge < -0.3 is 4.98 Å². The molecule has 0 fully saturated rings. The number of nitrogens with zero attached hydrogens (tertiary/aromatic N) is 1. The summed E-state index contributed by atoms with van der Waals surface area (Å²) >= 11 is 11.6. The molecule has 0 aliphatic rings. The third kappa shape index (κ3) is 2.19. The van der Waals surface area contributed by atoms with Crippen LogP contribution in [0.15, 0.2) is 54.7 Å². The molecule has 0 amide bonds. The summed E-state index contributed by atoms with van der Waals surface area (Å²) in [6.07, 6.45) is 1.93. The third-order valence-electron chi connectivity index (χ3n) is 3.33. The molecule has 0 atom stereocenters. The summed E-state index contributed by atoms with van der Waals surface area (Å²) in [6, 6.07) is 16.0. The Morgan fingerprint density at radius 3 is 2.55 bits per heavy atom. The molecule has 3 aromatic rings. The van der Waals surface area contributed by atoms with Gasteiger partial charge in [-0.15, -0.1) is 0 Å². The van der Waals surface area contributed by atoms with Crippen molar-refractivity contribution in [3.05, 3.63) is 70.1 Å². The van der Waals surface area contributed by atoms with Crippen molar-refractivity contribution >= 4 is 23.8 Å². The zero-order valence-electron chi connectivity index (χ0n) is 10.9. The van der Waals surface area contributed by atoms with Crippen LogP contribution in [0.1, 0.15) is 5.56 Å². The van der Waals surface area contributed by atoms with Crippen molar-refractivity contribution < 1.29 is 0 Å². The second-order valence-electron chi connectivity index (χ2n) is 4.56. The van der Waals surface area contributed by atoms with Crippen molar-refractivity contribution in [2.24, 2.45) is 0 Å². The van der Waals surface area contributed by atoms with Crippen LogP contribution < -0.4 is 0 Å². The fourth-order valence-corrected chi connectivity index (χ4v) is 2.69. The van der Waals surface area contributed by atoms with Gasteiger partial charge in [-0.25, -0.2) is 0 Å². The van der Waals surface area contributed by atoms with E-state index in [9.17, 15) is 0 Å². The monoisotopic (exact) mass is 300 g/mol. The standard InChI is InChI=1S/C16H13ClN2S/c1-11-13(17)8-5-9-14(11)19-15(10-18-16(19)20)12-6-3-2-4-7-12/h2-10H,1H3,(H,18,20). The molecular weight excluding hydrogens is 288 g/mol. The molecule has 0 aliphatic heterocycles. The lowest BCUT2D eigenvalue weighted by Crippen LogP contribution is -1.99. The SMILES string of the molecule is Cc1c(Cl)cccc1-n1c(-c2ccccc2)c[nH]c1=S. The lowest BCUT2D eigenvalue weighted by Gasteiger charge is -2.12. The average molecular weight is 301 g/mol. The van der Waals surface area contributed by atoms with E-state index >= 15 is 0 Å². The predicted molar refractivity (Wildman–Crippen MR) is 86.1 cm³/mol. The molecule has 2 nitrogen and oxygen atoms in total. The minimum absolute atomic E-state index is 0.661. The molecule has 0 spiro atoms. The Balaban J connectivity index is 2.28. The molecule has 0 saturated heterocycles. The van der Waals surface area contributed by atoms with Gasteiger partial charge >= 0.3 is 0 Å². The maximum Gasteiger partial charge on any atom is 0.182 e. The number of halogens is 1. The van der Waals surface area contributed by atoms with Gasteiger partial charge in [-0.2, -0.15) is 0 Å². The first-order valence-electron chi connectivity index (χ1n) is 6.30. The number of nitrogens with one attached hydrogen (secondary N) is 1. The summed E-state index contributed by atoms with van der Waals surface area (Å²) < 4.78 is 2.68. The van der Waals surface area contributed by atoms with Crippen LogP contribution in [0.5, 0.6) is 0 Å². The quantitative estimate of drug-likeness (QED) is 0.648. The second kappa shape index (κ2) is 5.27. The minimum Gasteiger partial charge on any atom is -0.336 e. The van der Waals surface area contributed by atoms with Gasteiger partial charge in [0.25, 0.3) is 0 Å². The van der Waals surface area contributed by atoms with E-state index in [0.717, 1.165) is 27.5 Å². The minimum atomic E-state index is 0.661. The summed E-state index contributed by atoms with van der Waals surface area (Å²) in [5.74, 6) is 0. The molecule has 100 valence electrons. The summed E-state index contributed by atoms with van der Waals surface area (Å²) in [4.78, 5) is 3.12. The molecule has 0 radical (unpaired) electrons. The van der Waals surface area contributed by atoms with E-state index in [1.807, 2.05) is 54.1 Å². The molecule has 3 rings (SSSR count). The Morgan fingerprint density at radius 1 is 1.05 bits per heavy atom. The van der Waals surface area contributed by atoms with Gasteiger partial charge in [-0.05, 0) is 36.8 Å². The first kappa shape index (κ1) is 13.2. The summed E-state index contributed by atoms with van der Waals surface area (Å²) in [5.41, 5.74) is 4.16. The highest BCUT2D eigenvalue weighted by Crippen LogP contribution is 2.28. The number of hydrogen-bond acceptors (Lipinski definition) is 1. The van der Waals surface area contributed by atoms with Crippen molar-refractivity contribution in [3.8, 4) is 16.9 Å². The van der Waals surface area contributed by atoms with Gasteiger partial charge in [0.2, 0.25) is 0 Å². The van der Waals surface area contributed by atoms with E-state index in [4.69, 9.17) is 23.8 Å². The molecule has 2 aromatic carbocycles. The Hall–Kier alpha value is -1.84. The van der Waals surface area contributed by atoms with E-state index in [1.165, 1.54) is 0 Å². The van der Waals surface area contributed by atoms with Crippen molar-refractivity contribution in [3.63, 3.8) is 0 Å². The van der Waals surface area contributed by atoms with E-state index < -0.39 is 0 Å². The van der Waals surface area contributed by atoms with Crippen molar-refractivity contribution in [1.29, 1.82) is 0 Å². The molecule has 20 heavy (non-hydrogen) atoms. The number of H-pyrrole nitrogens is 1. The predicted octanol–water partition coefficient (Wildman–Crippen LogP) is 5.16. The highest BCUT2D eigenvalue weighted by atomic mass is 35.5. The van der Waals surface area contributed by atoms with Crippen LogP contribution in [0, 0.1) is 11.7 Å². The Kier molecular flexibility index (Phi) is 3.47. The van der Waals surface area contributed by atoms with Crippen molar-refractivity contribution in [2.45, 2.75) is 6.92 Å². The molecule has 1 heterocycles. The number of imidazole rings is 1. The molecule has 0 bridgehead atoms. The number of aromatic amines is 1. The topological polar surface area (TPSA) is 20.7 Å². The van der Waals surface area contributed by atoms with Crippen LogP contribution in [0.2, 0.25) is 5.02 Å². The smallest absolute Gasteiger partial charge is 0.182 e. The summed E-state index contributed by atoms with van der Waals surface area (Å²) in [7, 11) is 0. The molecule has 4 heteroatoms. The van der Waals surface area contributed by atoms with E-state index in [2.05, 4.69) is 17.1 Å². The average Bonchev–Trinajstić information content (AvgIpc) is 2.85. The van der Waals surface area contributed by atoms with Crippen LogP contribution in [-0.2, 0) is 0 Å². The van der Waals surface area contributed by atoms with E-state index in [1.54, 1.807) is 0 Å². The number of benzene rings is 2. The van der Waals surface area contributed by atoms with Crippen LogP contribution in [0.25, 0.3) is 16.9 Å². The largest absolute Gasteiger partial charge is 0.336 e. The maximum absolute atomic E-state index is 6.22. The first-order chi connectivity index (χ1) is 9.68. The Labute approximate surface area is 127 Å². The zero-order chi connectivity index (χ0) is 14.1. The highest BCUT2D eigenvalue weighted by Gasteiger charge is 2.11. The number of hydrogen-bond donors (Lipinski definition) is 1. The third-order valence-corrected chi connectivity index (χ3v) is 4.04. The van der Waals surface area contributed by atoms with Crippen LogP contribution in [0.3, 0.4) is 0 Å². The fourth-order valence-electron chi connectivity index (χ4n) is 2.27. The van der Waals surface area contributed by atoms with Gasteiger partial charge in [-0.3, -0.25) is 4.57 Å². The van der Waals surface area contributed by atoms with Gasteiger partial charge in [0, 0.05) is 16.8 Å². The first-order valence-corrected chi connectivity index (χ1v) is 7.08. The van der Waals surface area contributed by atoms with Crippen molar-refractivity contribution in [2.75, 3.05) is 0 Å². The molecule has 0 unspecified atom stereocenters. The van der Waals surface area contributed by atoms with E-state index in [0.29, 0.717) is 4.77 Å². The Morgan fingerprint density at radius 2 is 1.80 bits per heavy atom. The molecule has 0 aliphatic carbocycles. The van der Waals surface area contributed by atoms with Gasteiger partial charge in [0.1, 0.15) is 0 Å². The van der Waals surface area contributed by atoms with Crippen LogP contribution in [0.4, 0.5) is 0 Å². The fraction of sp³-hybridized carbons (Fsp3) is 0.0625. The highest BCUT2D eigenvalue weighted by molar-refractivity contribution is 7.71.